The van der Waals surface area contributed by atoms with Gasteiger partial charge in [0.15, 0.2) is 0 Å². The van der Waals surface area contributed by atoms with Gasteiger partial charge in [0, 0.05) is 43.9 Å². The number of nitro groups is 1. The molecule has 0 radical (unpaired) electrons. The molecule has 3 rings (SSSR count). The lowest BCUT2D eigenvalue weighted by molar-refractivity contribution is -0.427. The summed E-state index contributed by atoms with van der Waals surface area (Å²) in [5.74, 6) is -0.419. The van der Waals surface area contributed by atoms with Crippen molar-refractivity contribution in [2.75, 3.05) is 33.2 Å². The lowest BCUT2D eigenvalue weighted by Gasteiger charge is -2.36. The summed E-state index contributed by atoms with van der Waals surface area (Å²) in [7, 11) is 2.09. The van der Waals surface area contributed by atoms with Crippen LogP contribution in [0.1, 0.15) is 18.4 Å². The Morgan fingerprint density at radius 1 is 1.13 bits per heavy atom. The number of nitrogens with zero attached hydrogens (tertiary/aromatic N) is 3. The highest BCUT2D eigenvalue weighted by molar-refractivity contribution is 5.77. The van der Waals surface area contributed by atoms with Crippen LogP contribution in [0.2, 0.25) is 0 Å². The van der Waals surface area contributed by atoms with Crippen molar-refractivity contribution in [3.05, 3.63) is 63.2 Å². The Morgan fingerprint density at radius 3 is 2.48 bits per heavy atom. The van der Waals surface area contributed by atoms with Crippen LogP contribution in [0, 0.1) is 15.9 Å². The van der Waals surface area contributed by atoms with Crippen molar-refractivity contribution < 1.29 is 9.31 Å². The zero-order valence-electron chi connectivity index (χ0n) is 13.2. The zero-order valence-corrected chi connectivity index (χ0v) is 13.2. The van der Waals surface area contributed by atoms with Gasteiger partial charge in [0.25, 0.3) is 5.70 Å². The molecule has 1 aliphatic carbocycles. The van der Waals surface area contributed by atoms with Gasteiger partial charge in [-0.2, -0.15) is 0 Å². The Bertz CT molecular complexity index is 676. The highest BCUT2D eigenvalue weighted by atomic mass is 19.1. The summed E-state index contributed by atoms with van der Waals surface area (Å²) in [4.78, 5) is 15.5. The molecule has 6 heteroatoms. The molecule has 1 fully saturated rings. The summed E-state index contributed by atoms with van der Waals surface area (Å²) in [5, 5.41) is 11.4. The van der Waals surface area contributed by atoms with Gasteiger partial charge in [0.05, 0.1) is 10.5 Å². The van der Waals surface area contributed by atoms with Crippen LogP contribution < -0.4 is 0 Å². The van der Waals surface area contributed by atoms with Crippen molar-refractivity contribution >= 4 is 5.57 Å². The molecular formula is C17H20FN3O2. The number of rotatable bonds is 3. The molecule has 0 atom stereocenters. The van der Waals surface area contributed by atoms with Gasteiger partial charge in [-0.3, -0.25) is 10.1 Å². The van der Waals surface area contributed by atoms with E-state index in [1.807, 2.05) is 6.08 Å². The predicted molar refractivity (Wildman–Crippen MR) is 86.7 cm³/mol. The standard InChI is InChI=1S/C17H20FN3O2/c1-19-8-10-20(11-9-19)13-6-7-17(21(22)23)15(12-13)14-4-2-3-5-16(14)18/h2-5,12H,6-11H2,1H3. The first-order valence-corrected chi connectivity index (χ1v) is 7.83. The molecule has 122 valence electrons. The highest BCUT2D eigenvalue weighted by Gasteiger charge is 2.28. The maximum absolute atomic E-state index is 14.1. The normalized spacial score (nSPS) is 19.7. The lowest BCUT2D eigenvalue weighted by Crippen LogP contribution is -2.44. The Morgan fingerprint density at radius 2 is 1.83 bits per heavy atom. The maximum atomic E-state index is 14.1. The number of allylic oxidation sites excluding steroid dienone is 4. The molecule has 1 aliphatic heterocycles. The van der Waals surface area contributed by atoms with Gasteiger partial charge in [-0.1, -0.05) is 18.2 Å². The van der Waals surface area contributed by atoms with Gasteiger partial charge in [-0.05, 0) is 25.6 Å². The zero-order chi connectivity index (χ0) is 16.4. The molecule has 0 saturated carbocycles. The maximum Gasteiger partial charge on any atom is 0.254 e. The average Bonchev–Trinajstić information content (AvgIpc) is 2.55. The minimum Gasteiger partial charge on any atom is -0.372 e. The Balaban J connectivity index is 1.98. The Labute approximate surface area is 134 Å². The molecule has 0 bridgehead atoms. The van der Waals surface area contributed by atoms with Crippen LogP contribution >= 0.6 is 0 Å². The van der Waals surface area contributed by atoms with Crippen LogP contribution in [-0.4, -0.2) is 47.9 Å². The van der Waals surface area contributed by atoms with E-state index in [1.54, 1.807) is 18.2 Å². The molecule has 1 saturated heterocycles. The van der Waals surface area contributed by atoms with Gasteiger partial charge < -0.3 is 9.80 Å². The van der Waals surface area contributed by atoms with Crippen molar-refractivity contribution in [1.29, 1.82) is 0 Å². The van der Waals surface area contributed by atoms with E-state index in [0.29, 0.717) is 24.0 Å². The molecule has 0 spiro atoms. The molecule has 1 aromatic carbocycles. The second-order valence-corrected chi connectivity index (χ2v) is 6.02. The van der Waals surface area contributed by atoms with E-state index in [-0.39, 0.29) is 10.6 Å². The number of benzene rings is 1. The van der Waals surface area contributed by atoms with E-state index in [0.717, 1.165) is 31.9 Å². The fourth-order valence-electron chi connectivity index (χ4n) is 3.15. The van der Waals surface area contributed by atoms with Crippen LogP contribution in [0.5, 0.6) is 0 Å². The van der Waals surface area contributed by atoms with Crippen molar-refractivity contribution in [3.63, 3.8) is 0 Å². The summed E-state index contributed by atoms with van der Waals surface area (Å²) in [6, 6.07) is 6.26. The number of hydrogen-bond acceptors (Lipinski definition) is 4. The van der Waals surface area contributed by atoms with Crippen molar-refractivity contribution in [1.82, 2.24) is 9.80 Å². The Kier molecular flexibility index (Phi) is 4.43. The van der Waals surface area contributed by atoms with Crippen LogP contribution in [0.3, 0.4) is 0 Å². The van der Waals surface area contributed by atoms with E-state index < -0.39 is 5.82 Å². The quantitative estimate of drug-likeness (QED) is 0.635. The van der Waals surface area contributed by atoms with E-state index in [4.69, 9.17) is 0 Å². The van der Waals surface area contributed by atoms with Gasteiger partial charge in [-0.15, -0.1) is 0 Å². The lowest BCUT2D eigenvalue weighted by atomic mass is 9.94. The first-order valence-electron chi connectivity index (χ1n) is 7.83. The topological polar surface area (TPSA) is 49.6 Å². The predicted octanol–water partition coefficient (Wildman–Crippen LogP) is 2.74. The smallest absolute Gasteiger partial charge is 0.254 e. The van der Waals surface area contributed by atoms with Gasteiger partial charge in [0.1, 0.15) is 5.82 Å². The highest BCUT2D eigenvalue weighted by Crippen LogP contribution is 2.33. The third-order valence-electron chi connectivity index (χ3n) is 4.53. The van der Waals surface area contributed by atoms with Crippen molar-refractivity contribution in [2.24, 2.45) is 0 Å². The van der Waals surface area contributed by atoms with Crippen LogP contribution in [0.25, 0.3) is 5.57 Å². The molecule has 23 heavy (non-hydrogen) atoms. The Hall–Kier alpha value is -2.21. The van der Waals surface area contributed by atoms with E-state index in [9.17, 15) is 14.5 Å². The average molecular weight is 317 g/mol. The third kappa shape index (κ3) is 3.27. The third-order valence-corrected chi connectivity index (χ3v) is 4.53. The number of piperazine rings is 1. The molecule has 0 aromatic heterocycles. The monoisotopic (exact) mass is 317 g/mol. The first-order chi connectivity index (χ1) is 11.1. The molecule has 0 unspecified atom stereocenters. The minimum absolute atomic E-state index is 0.105. The molecular weight excluding hydrogens is 297 g/mol. The van der Waals surface area contributed by atoms with Crippen LogP contribution in [0.15, 0.2) is 41.7 Å². The molecule has 0 amide bonds. The number of likely N-dealkylation sites (N-methyl/N-ethyl adjacent to an activating group) is 1. The summed E-state index contributed by atoms with van der Waals surface area (Å²) >= 11 is 0. The number of hydrogen-bond donors (Lipinski definition) is 0. The second kappa shape index (κ2) is 6.50. The fourth-order valence-corrected chi connectivity index (χ4v) is 3.15. The molecule has 1 aromatic rings. The second-order valence-electron chi connectivity index (χ2n) is 6.02. The largest absolute Gasteiger partial charge is 0.372 e. The molecule has 0 N–H and O–H groups in total. The van der Waals surface area contributed by atoms with E-state index in [1.165, 1.54) is 6.07 Å². The van der Waals surface area contributed by atoms with Crippen LogP contribution in [-0.2, 0) is 0 Å². The summed E-state index contributed by atoms with van der Waals surface area (Å²) in [6.45, 7) is 3.75. The molecule has 2 aliphatic rings. The fraction of sp³-hybridized carbons (Fsp3) is 0.412. The minimum atomic E-state index is -0.419. The summed E-state index contributed by atoms with van der Waals surface area (Å²) < 4.78 is 14.1. The molecule has 1 heterocycles. The summed E-state index contributed by atoms with van der Waals surface area (Å²) in [5.41, 5.74) is 1.90. The SMILES string of the molecule is CN1CCN(C2=CC(c3ccccc3F)=C([N+](=O)[O-])CC2)CC1. The summed E-state index contributed by atoms with van der Waals surface area (Å²) in [6.07, 6.45) is 2.79. The first kappa shape index (κ1) is 15.7. The molecule has 5 nitrogen and oxygen atoms in total. The number of halogens is 1. The van der Waals surface area contributed by atoms with Crippen LogP contribution in [0.4, 0.5) is 4.39 Å². The van der Waals surface area contributed by atoms with E-state index in [2.05, 4.69) is 16.8 Å². The van der Waals surface area contributed by atoms with Gasteiger partial charge in [-0.25, -0.2) is 4.39 Å². The van der Waals surface area contributed by atoms with Gasteiger partial charge in [0.2, 0.25) is 0 Å². The van der Waals surface area contributed by atoms with Crippen molar-refractivity contribution in [2.45, 2.75) is 12.8 Å². The van der Waals surface area contributed by atoms with E-state index >= 15 is 0 Å². The van der Waals surface area contributed by atoms with Gasteiger partial charge >= 0.3 is 0 Å². The van der Waals surface area contributed by atoms with Crippen molar-refractivity contribution in [3.8, 4) is 0 Å².